The molecule has 0 aliphatic carbocycles. The average Bonchev–Trinajstić information content (AvgIpc) is 2.04. The summed E-state index contributed by atoms with van der Waals surface area (Å²) in [6, 6.07) is 3.14. The van der Waals surface area contributed by atoms with Crippen LogP contribution in [0.2, 0.25) is 0 Å². The molecule has 4 heteroatoms. The quantitative estimate of drug-likeness (QED) is 0.505. The van der Waals surface area contributed by atoms with E-state index in [4.69, 9.17) is 6.57 Å². The molecular formula is C9H5F2NO. The molecule has 1 rings (SSSR count). The molecule has 66 valence electrons. The first kappa shape index (κ1) is 9.33. The molecular weight excluding hydrogens is 176 g/mol. The number of ketones is 1. The van der Waals surface area contributed by atoms with Gasteiger partial charge in [-0.1, -0.05) is 6.07 Å². The van der Waals surface area contributed by atoms with Crippen LogP contribution in [0.25, 0.3) is 4.85 Å². The van der Waals surface area contributed by atoms with Crippen molar-refractivity contribution in [1.82, 2.24) is 0 Å². The first-order chi connectivity index (χ1) is 6.16. The monoisotopic (exact) mass is 181 g/mol. The van der Waals surface area contributed by atoms with Crippen LogP contribution < -0.4 is 0 Å². The Morgan fingerprint density at radius 1 is 1.38 bits per heavy atom. The number of carbonyl (C=O) groups is 1. The number of Topliss-reactive ketones (excluding diaryl/α,β-unsaturated/α-hetero) is 1. The molecule has 1 aromatic rings. The third-order valence-corrected chi connectivity index (χ3v) is 1.46. The van der Waals surface area contributed by atoms with Gasteiger partial charge in [0.1, 0.15) is 11.6 Å². The number of halogens is 2. The first-order valence-corrected chi connectivity index (χ1v) is 3.47. The van der Waals surface area contributed by atoms with Gasteiger partial charge in [0.15, 0.2) is 0 Å². The standard InChI is InChI=1S/C9H5F2NO/c1-12-5-8(13)9-6(10)3-2-4-7(9)11/h2-4H,5H2. The number of carbonyl (C=O) groups excluding carboxylic acids is 1. The van der Waals surface area contributed by atoms with Crippen molar-refractivity contribution >= 4 is 5.78 Å². The van der Waals surface area contributed by atoms with Gasteiger partial charge in [-0.2, -0.15) is 0 Å². The van der Waals surface area contributed by atoms with Gasteiger partial charge in [-0.25, -0.2) is 15.4 Å². The number of hydrogen-bond acceptors (Lipinski definition) is 1. The Kier molecular flexibility index (Phi) is 2.70. The summed E-state index contributed by atoms with van der Waals surface area (Å²) < 4.78 is 25.7. The summed E-state index contributed by atoms with van der Waals surface area (Å²) in [7, 11) is 0. The van der Waals surface area contributed by atoms with Gasteiger partial charge in [-0.15, -0.1) is 0 Å². The maximum absolute atomic E-state index is 12.9. The zero-order valence-corrected chi connectivity index (χ0v) is 6.55. The van der Waals surface area contributed by atoms with Gasteiger partial charge in [0, 0.05) is 0 Å². The Hall–Kier alpha value is -1.76. The van der Waals surface area contributed by atoms with E-state index in [-0.39, 0.29) is 0 Å². The molecule has 1 aromatic carbocycles. The molecule has 0 unspecified atom stereocenters. The largest absolute Gasteiger partial charge is 0.308 e. The Labute approximate surface area is 73.6 Å². The lowest BCUT2D eigenvalue weighted by atomic mass is 10.1. The molecule has 0 N–H and O–H groups in total. The molecule has 0 fully saturated rings. The van der Waals surface area contributed by atoms with Gasteiger partial charge < -0.3 is 4.85 Å². The fourth-order valence-electron chi connectivity index (χ4n) is 0.915. The summed E-state index contributed by atoms with van der Waals surface area (Å²) >= 11 is 0. The normalized spacial score (nSPS) is 9.31. The molecule has 0 saturated heterocycles. The fraction of sp³-hybridized carbons (Fsp3) is 0.111. The number of rotatable bonds is 2. The molecule has 0 atom stereocenters. The molecule has 0 bridgehead atoms. The van der Waals surface area contributed by atoms with Gasteiger partial charge in [0.2, 0.25) is 5.78 Å². The van der Waals surface area contributed by atoms with Crippen LogP contribution in [0.15, 0.2) is 18.2 Å². The highest BCUT2D eigenvalue weighted by Crippen LogP contribution is 2.12. The van der Waals surface area contributed by atoms with Crippen LogP contribution >= 0.6 is 0 Å². The Bertz CT molecular complexity index is 361. The van der Waals surface area contributed by atoms with Crippen LogP contribution in [0, 0.1) is 18.2 Å². The van der Waals surface area contributed by atoms with E-state index in [1.54, 1.807) is 0 Å². The summed E-state index contributed by atoms with van der Waals surface area (Å²) in [4.78, 5) is 13.8. The van der Waals surface area contributed by atoms with Crippen LogP contribution in [0.1, 0.15) is 10.4 Å². The van der Waals surface area contributed by atoms with Crippen LogP contribution in [0.3, 0.4) is 0 Å². The smallest absolute Gasteiger partial charge is 0.276 e. The van der Waals surface area contributed by atoms with Crippen LogP contribution in [0.5, 0.6) is 0 Å². The zero-order valence-electron chi connectivity index (χ0n) is 6.55. The molecule has 0 aliphatic rings. The third kappa shape index (κ3) is 1.88. The van der Waals surface area contributed by atoms with Gasteiger partial charge in [0.25, 0.3) is 6.54 Å². The van der Waals surface area contributed by atoms with Crippen molar-refractivity contribution in [2.24, 2.45) is 0 Å². The lowest BCUT2D eigenvalue weighted by Crippen LogP contribution is -2.07. The van der Waals surface area contributed by atoms with E-state index in [0.29, 0.717) is 0 Å². The molecule has 0 amide bonds. The molecule has 0 aromatic heterocycles. The van der Waals surface area contributed by atoms with Crippen LogP contribution in [-0.4, -0.2) is 12.3 Å². The predicted molar refractivity (Wildman–Crippen MR) is 42.2 cm³/mol. The Morgan fingerprint density at radius 2 is 1.92 bits per heavy atom. The van der Waals surface area contributed by atoms with Gasteiger partial charge in [0.05, 0.1) is 5.56 Å². The number of benzene rings is 1. The minimum Gasteiger partial charge on any atom is -0.308 e. The lowest BCUT2D eigenvalue weighted by Gasteiger charge is -1.98. The second kappa shape index (κ2) is 3.76. The zero-order chi connectivity index (χ0) is 9.84. The highest BCUT2D eigenvalue weighted by Gasteiger charge is 2.18. The summed E-state index contributed by atoms with van der Waals surface area (Å²) in [6.07, 6.45) is 0. The number of hydrogen-bond donors (Lipinski definition) is 0. The van der Waals surface area contributed by atoms with Gasteiger partial charge in [-0.3, -0.25) is 4.79 Å². The highest BCUT2D eigenvalue weighted by atomic mass is 19.1. The molecule has 0 spiro atoms. The van der Waals surface area contributed by atoms with Crippen LogP contribution in [-0.2, 0) is 0 Å². The molecule has 0 radical (unpaired) electrons. The van der Waals surface area contributed by atoms with E-state index < -0.39 is 29.5 Å². The van der Waals surface area contributed by atoms with E-state index in [1.807, 2.05) is 0 Å². The van der Waals surface area contributed by atoms with Crippen molar-refractivity contribution in [3.05, 3.63) is 46.8 Å². The second-order valence-corrected chi connectivity index (χ2v) is 2.34. The van der Waals surface area contributed by atoms with Crippen LogP contribution in [0.4, 0.5) is 8.78 Å². The lowest BCUT2D eigenvalue weighted by molar-refractivity contribution is 0.100. The maximum atomic E-state index is 12.9. The Morgan fingerprint density at radius 3 is 2.38 bits per heavy atom. The molecule has 0 heterocycles. The van der Waals surface area contributed by atoms with E-state index in [0.717, 1.165) is 12.1 Å². The van der Waals surface area contributed by atoms with Crippen molar-refractivity contribution in [3.8, 4) is 0 Å². The third-order valence-electron chi connectivity index (χ3n) is 1.46. The van der Waals surface area contributed by atoms with Crippen molar-refractivity contribution in [1.29, 1.82) is 0 Å². The minimum absolute atomic E-state index is 0.530. The average molecular weight is 181 g/mol. The summed E-state index contributed by atoms with van der Waals surface area (Å²) in [5, 5.41) is 0. The summed E-state index contributed by atoms with van der Waals surface area (Å²) in [5.41, 5.74) is -0.626. The predicted octanol–water partition coefficient (Wildman–Crippen LogP) is 2.07. The molecule has 13 heavy (non-hydrogen) atoms. The SMILES string of the molecule is [C-]#[N+]CC(=O)c1c(F)cccc1F. The minimum atomic E-state index is -0.923. The van der Waals surface area contributed by atoms with Crippen molar-refractivity contribution in [3.63, 3.8) is 0 Å². The van der Waals surface area contributed by atoms with E-state index in [1.165, 1.54) is 6.07 Å². The number of nitrogens with zero attached hydrogens (tertiary/aromatic N) is 1. The summed E-state index contributed by atoms with van der Waals surface area (Å²) in [5.74, 6) is -2.67. The molecule has 0 aliphatic heterocycles. The fourth-order valence-corrected chi connectivity index (χ4v) is 0.915. The summed E-state index contributed by atoms with van der Waals surface area (Å²) in [6.45, 7) is 5.85. The van der Waals surface area contributed by atoms with E-state index >= 15 is 0 Å². The van der Waals surface area contributed by atoms with Crippen molar-refractivity contribution in [2.75, 3.05) is 6.54 Å². The van der Waals surface area contributed by atoms with Gasteiger partial charge in [-0.05, 0) is 12.1 Å². The topological polar surface area (TPSA) is 21.4 Å². The van der Waals surface area contributed by atoms with Crippen molar-refractivity contribution in [2.45, 2.75) is 0 Å². The van der Waals surface area contributed by atoms with Gasteiger partial charge >= 0.3 is 0 Å². The molecule has 2 nitrogen and oxygen atoms in total. The second-order valence-electron chi connectivity index (χ2n) is 2.34. The Balaban J connectivity index is 3.14. The molecule has 0 saturated carbocycles. The van der Waals surface area contributed by atoms with Crippen molar-refractivity contribution < 1.29 is 13.6 Å². The first-order valence-electron chi connectivity index (χ1n) is 3.47. The van der Waals surface area contributed by atoms with E-state index in [9.17, 15) is 13.6 Å². The maximum Gasteiger partial charge on any atom is 0.276 e. The van der Waals surface area contributed by atoms with E-state index in [2.05, 4.69) is 4.85 Å². The highest BCUT2D eigenvalue weighted by molar-refractivity contribution is 5.98.